The number of imidazole rings is 1. The Morgan fingerprint density at radius 1 is 1.23 bits per heavy atom. The number of allylic oxidation sites excluding steroid dienone is 1. The van der Waals surface area contributed by atoms with Crippen LogP contribution < -0.4 is 5.69 Å². The Labute approximate surface area is 180 Å². The lowest BCUT2D eigenvalue weighted by Gasteiger charge is -2.18. The zero-order valence-electron chi connectivity index (χ0n) is 18.3. The predicted molar refractivity (Wildman–Crippen MR) is 116 cm³/mol. The highest BCUT2D eigenvalue weighted by molar-refractivity contribution is 5.92. The molecule has 1 fully saturated rings. The van der Waals surface area contributed by atoms with Gasteiger partial charge in [0.25, 0.3) is 5.91 Å². The third-order valence-electron chi connectivity index (χ3n) is 6.33. The number of carbonyl (C=O) groups is 1. The first-order chi connectivity index (χ1) is 14.7. The molecule has 162 valence electrons. The Hall–Kier alpha value is -3.16. The molecule has 0 aromatic carbocycles. The Morgan fingerprint density at radius 3 is 2.74 bits per heavy atom. The van der Waals surface area contributed by atoms with Crippen molar-refractivity contribution in [1.29, 1.82) is 0 Å². The lowest BCUT2D eigenvalue weighted by molar-refractivity contribution is 0.0775. The van der Waals surface area contributed by atoms with Crippen molar-refractivity contribution >= 4 is 22.6 Å². The molecular formula is C23H27N5O3. The second-order valence-electron chi connectivity index (χ2n) is 9.88. The van der Waals surface area contributed by atoms with Crippen LogP contribution in [0.1, 0.15) is 43.4 Å². The van der Waals surface area contributed by atoms with Gasteiger partial charge in [-0.25, -0.2) is 9.78 Å². The number of amides is 1. The Morgan fingerprint density at radius 2 is 2.03 bits per heavy atom. The van der Waals surface area contributed by atoms with Gasteiger partial charge in [0, 0.05) is 38.7 Å². The molecule has 31 heavy (non-hydrogen) atoms. The molecule has 4 heterocycles. The lowest BCUT2D eigenvalue weighted by Crippen LogP contribution is -2.29. The van der Waals surface area contributed by atoms with Crippen molar-refractivity contribution in [3.05, 3.63) is 52.4 Å². The highest BCUT2D eigenvalue weighted by atomic mass is 16.5. The maximum absolute atomic E-state index is 12.8. The SMILES string of the molecule is Cn1c(=O)n(CC(C)(C)C)c2ccc(C3=CCC4CN(C(=O)c5ccon5)CC34)nc21. The first-order valence-electron chi connectivity index (χ1n) is 10.7. The molecule has 0 spiro atoms. The van der Waals surface area contributed by atoms with E-state index >= 15 is 0 Å². The molecule has 5 rings (SSSR count). The first-order valence-corrected chi connectivity index (χ1v) is 10.7. The summed E-state index contributed by atoms with van der Waals surface area (Å²) in [6.45, 7) is 8.35. The molecule has 1 aliphatic heterocycles. The van der Waals surface area contributed by atoms with Gasteiger partial charge in [-0.05, 0) is 35.5 Å². The summed E-state index contributed by atoms with van der Waals surface area (Å²) in [5.41, 5.74) is 3.90. The fraction of sp³-hybridized carbons (Fsp3) is 0.478. The smallest absolute Gasteiger partial charge is 0.330 e. The maximum Gasteiger partial charge on any atom is 0.330 e. The number of pyridine rings is 1. The molecule has 1 amide bonds. The minimum absolute atomic E-state index is 0.0122. The average molecular weight is 422 g/mol. The Kier molecular flexibility index (Phi) is 4.42. The highest BCUT2D eigenvalue weighted by Gasteiger charge is 2.41. The van der Waals surface area contributed by atoms with E-state index in [1.807, 2.05) is 21.6 Å². The molecule has 1 saturated heterocycles. The number of aryl methyl sites for hydroxylation is 1. The number of nitrogens with zero attached hydrogens (tertiary/aromatic N) is 5. The fourth-order valence-electron chi connectivity index (χ4n) is 4.90. The molecule has 0 saturated carbocycles. The van der Waals surface area contributed by atoms with Gasteiger partial charge >= 0.3 is 5.69 Å². The van der Waals surface area contributed by atoms with Crippen LogP contribution in [0.3, 0.4) is 0 Å². The van der Waals surface area contributed by atoms with Crippen LogP contribution in [0.5, 0.6) is 0 Å². The molecular weight excluding hydrogens is 394 g/mol. The summed E-state index contributed by atoms with van der Waals surface area (Å²) in [6, 6.07) is 5.62. The van der Waals surface area contributed by atoms with E-state index in [2.05, 4.69) is 32.0 Å². The first kappa shape index (κ1) is 19.8. The number of fused-ring (bicyclic) bond motifs is 2. The fourth-order valence-corrected chi connectivity index (χ4v) is 4.90. The molecule has 1 aliphatic carbocycles. The summed E-state index contributed by atoms with van der Waals surface area (Å²) in [5, 5.41) is 3.78. The van der Waals surface area contributed by atoms with E-state index in [-0.39, 0.29) is 22.9 Å². The van der Waals surface area contributed by atoms with Crippen molar-refractivity contribution in [3.8, 4) is 0 Å². The Bertz CT molecular complexity index is 1240. The van der Waals surface area contributed by atoms with Crippen molar-refractivity contribution < 1.29 is 9.32 Å². The third kappa shape index (κ3) is 3.30. The quantitative estimate of drug-likeness (QED) is 0.649. The van der Waals surface area contributed by atoms with E-state index in [1.165, 1.54) is 11.8 Å². The van der Waals surface area contributed by atoms with Crippen LogP contribution in [0.15, 0.2) is 39.9 Å². The van der Waals surface area contributed by atoms with Crippen molar-refractivity contribution in [2.75, 3.05) is 13.1 Å². The van der Waals surface area contributed by atoms with Crippen molar-refractivity contribution in [1.82, 2.24) is 24.2 Å². The average Bonchev–Trinajstić information content (AvgIpc) is 3.48. The molecule has 2 atom stereocenters. The molecule has 3 aromatic heterocycles. The summed E-state index contributed by atoms with van der Waals surface area (Å²) >= 11 is 0. The molecule has 0 bridgehead atoms. The molecule has 3 aromatic rings. The predicted octanol–water partition coefficient (Wildman–Crippen LogP) is 2.94. The third-order valence-corrected chi connectivity index (χ3v) is 6.33. The highest BCUT2D eigenvalue weighted by Crippen LogP contribution is 2.43. The normalized spacial score (nSPS) is 21.0. The van der Waals surface area contributed by atoms with Gasteiger partial charge < -0.3 is 9.42 Å². The van der Waals surface area contributed by atoms with Crippen LogP contribution in [0.2, 0.25) is 0 Å². The second-order valence-corrected chi connectivity index (χ2v) is 9.88. The van der Waals surface area contributed by atoms with Crippen molar-refractivity contribution in [3.63, 3.8) is 0 Å². The molecule has 8 nitrogen and oxygen atoms in total. The number of hydrogen-bond donors (Lipinski definition) is 0. The molecule has 2 aliphatic rings. The number of carbonyl (C=O) groups excluding carboxylic acids is 1. The number of likely N-dealkylation sites (tertiary alicyclic amines) is 1. The molecule has 2 unspecified atom stereocenters. The zero-order chi connectivity index (χ0) is 21.9. The van der Waals surface area contributed by atoms with Crippen LogP contribution in [-0.2, 0) is 13.6 Å². The molecule has 8 heteroatoms. The van der Waals surface area contributed by atoms with Gasteiger partial charge in [-0.2, -0.15) is 0 Å². The van der Waals surface area contributed by atoms with Crippen molar-refractivity contribution in [2.24, 2.45) is 24.3 Å². The van der Waals surface area contributed by atoms with E-state index in [4.69, 9.17) is 9.51 Å². The Balaban J connectivity index is 1.44. The minimum Gasteiger partial charge on any atom is -0.364 e. The zero-order valence-corrected chi connectivity index (χ0v) is 18.3. The van der Waals surface area contributed by atoms with E-state index in [9.17, 15) is 9.59 Å². The maximum atomic E-state index is 12.8. The largest absolute Gasteiger partial charge is 0.364 e. The summed E-state index contributed by atoms with van der Waals surface area (Å²) in [5.74, 6) is 0.541. The van der Waals surface area contributed by atoms with E-state index in [0.717, 1.165) is 17.6 Å². The summed E-state index contributed by atoms with van der Waals surface area (Å²) < 4.78 is 8.27. The van der Waals surface area contributed by atoms with Crippen LogP contribution in [0, 0.1) is 17.3 Å². The van der Waals surface area contributed by atoms with Gasteiger partial charge in [0.2, 0.25) is 0 Å². The van der Waals surface area contributed by atoms with E-state index in [1.54, 1.807) is 17.7 Å². The number of rotatable bonds is 3. The van der Waals surface area contributed by atoms with Crippen LogP contribution >= 0.6 is 0 Å². The van der Waals surface area contributed by atoms with Gasteiger partial charge in [0.05, 0.1) is 11.2 Å². The number of hydrogen-bond acceptors (Lipinski definition) is 5. The van der Waals surface area contributed by atoms with Crippen LogP contribution in [0.4, 0.5) is 0 Å². The second kappa shape index (κ2) is 6.93. The van der Waals surface area contributed by atoms with E-state index in [0.29, 0.717) is 36.9 Å². The van der Waals surface area contributed by atoms with Gasteiger partial charge in [0.15, 0.2) is 11.3 Å². The van der Waals surface area contributed by atoms with Gasteiger partial charge in [-0.1, -0.05) is 32.0 Å². The van der Waals surface area contributed by atoms with E-state index < -0.39 is 0 Å². The molecule has 0 radical (unpaired) electrons. The monoisotopic (exact) mass is 421 g/mol. The minimum atomic E-state index is -0.0902. The molecule has 0 N–H and O–H groups in total. The summed E-state index contributed by atoms with van der Waals surface area (Å²) in [6.07, 6.45) is 4.59. The summed E-state index contributed by atoms with van der Waals surface area (Å²) in [4.78, 5) is 32.3. The lowest BCUT2D eigenvalue weighted by atomic mass is 9.93. The standard InChI is InChI=1S/C23H27N5O3/c1-23(2,3)13-28-19-8-7-17(24-20(19)26(4)22(28)30)15-6-5-14-11-27(12-16(14)15)21(29)18-9-10-31-25-18/h6-10,14,16H,5,11-13H2,1-4H3. The number of aromatic nitrogens is 4. The van der Waals surface area contributed by atoms with Gasteiger partial charge in [-0.15, -0.1) is 0 Å². The van der Waals surface area contributed by atoms with Gasteiger partial charge in [-0.3, -0.25) is 13.9 Å². The van der Waals surface area contributed by atoms with Crippen LogP contribution in [-0.4, -0.2) is 43.2 Å². The topological polar surface area (TPSA) is 86.2 Å². The van der Waals surface area contributed by atoms with Crippen LogP contribution in [0.25, 0.3) is 16.7 Å². The van der Waals surface area contributed by atoms with Gasteiger partial charge in [0.1, 0.15) is 6.26 Å². The summed E-state index contributed by atoms with van der Waals surface area (Å²) in [7, 11) is 1.78. The van der Waals surface area contributed by atoms with Crippen molar-refractivity contribution in [2.45, 2.75) is 33.7 Å².